The van der Waals surface area contributed by atoms with Gasteiger partial charge in [0.2, 0.25) is 0 Å². The summed E-state index contributed by atoms with van der Waals surface area (Å²) >= 11 is 0. The van der Waals surface area contributed by atoms with Crippen molar-refractivity contribution < 1.29 is 28.5 Å². The first kappa shape index (κ1) is 16.9. The molecule has 0 radical (unpaired) electrons. The molecular formula is C14H19NO6. The molecule has 0 unspecified atom stereocenters. The summed E-state index contributed by atoms with van der Waals surface area (Å²) in [4.78, 5) is 27.4. The third-order valence-corrected chi connectivity index (χ3v) is 2.32. The van der Waals surface area contributed by atoms with Crippen LogP contribution in [-0.2, 0) is 14.2 Å². The molecule has 1 aromatic heterocycles. The number of esters is 2. The number of pyridine rings is 1. The van der Waals surface area contributed by atoms with Gasteiger partial charge in [0.05, 0.1) is 19.8 Å². The number of methoxy groups -OCH3 is 1. The average molecular weight is 297 g/mol. The van der Waals surface area contributed by atoms with Crippen molar-refractivity contribution >= 4 is 11.9 Å². The van der Waals surface area contributed by atoms with E-state index in [9.17, 15) is 9.59 Å². The molecule has 116 valence electrons. The predicted octanol–water partition coefficient (Wildman–Crippen LogP) is 1.46. The molecule has 0 aliphatic carbocycles. The van der Waals surface area contributed by atoms with Crippen LogP contribution in [0, 0.1) is 0 Å². The van der Waals surface area contributed by atoms with E-state index in [1.54, 1.807) is 21.0 Å². The molecule has 0 atom stereocenters. The highest BCUT2D eigenvalue weighted by Crippen LogP contribution is 2.16. The van der Waals surface area contributed by atoms with Gasteiger partial charge in [0.25, 0.3) is 0 Å². The van der Waals surface area contributed by atoms with Crippen molar-refractivity contribution in [3.05, 3.63) is 23.5 Å². The number of nitrogens with zero attached hydrogens (tertiary/aromatic N) is 1. The van der Waals surface area contributed by atoms with Crippen molar-refractivity contribution in [2.45, 2.75) is 13.8 Å². The normalized spacial score (nSPS) is 10.0. The molecule has 0 N–H and O–H groups in total. The zero-order chi connectivity index (χ0) is 15.7. The van der Waals surface area contributed by atoms with Gasteiger partial charge < -0.3 is 18.9 Å². The lowest BCUT2D eigenvalue weighted by atomic mass is 10.2. The number of hydrogen-bond acceptors (Lipinski definition) is 7. The fraction of sp³-hybridized carbons (Fsp3) is 0.500. The lowest BCUT2D eigenvalue weighted by Gasteiger charge is -2.09. The molecule has 0 fully saturated rings. The van der Waals surface area contributed by atoms with Gasteiger partial charge in [-0.25, -0.2) is 14.6 Å². The Morgan fingerprint density at radius 1 is 1.00 bits per heavy atom. The van der Waals surface area contributed by atoms with E-state index in [4.69, 9.17) is 18.9 Å². The third-order valence-electron chi connectivity index (χ3n) is 2.32. The van der Waals surface area contributed by atoms with Crippen LogP contribution < -0.4 is 4.74 Å². The second kappa shape index (κ2) is 8.91. The van der Waals surface area contributed by atoms with E-state index in [0.29, 0.717) is 12.4 Å². The van der Waals surface area contributed by atoms with Crippen molar-refractivity contribution in [3.8, 4) is 5.75 Å². The summed E-state index contributed by atoms with van der Waals surface area (Å²) in [7, 11) is 1.55. The molecule has 0 spiro atoms. The molecule has 0 amide bonds. The largest absolute Gasteiger partial charge is 0.491 e. The molecular weight excluding hydrogens is 278 g/mol. The van der Waals surface area contributed by atoms with Crippen molar-refractivity contribution in [2.24, 2.45) is 0 Å². The van der Waals surface area contributed by atoms with Crippen molar-refractivity contribution in [3.63, 3.8) is 0 Å². The Balaban J connectivity index is 3.00. The quantitative estimate of drug-likeness (QED) is 0.530. The minimum atomic E-state index is -0.625. The summed E-state index contributed by atoms with van der Waals surface area (Å²) in [5.41, 5.74) is -0.00959. The van der Waals surface area contributed by atoms with E-state index >= 15 is 0 Å². The summed E-state index contributed by atoms with van der Waals surface area (Å²) in [5.74, 6) is -0.923. The van der Waals surface area contributed by atoms with Gasteiger partial charge in [-0.3, -0.25) is 0 Å². The molecule has 21 heavy (non-hydrogen) atoms. The first-order chi connectivity index (χ1) is 10.1. The van der Waals surface area contributed by atoms with E-state index in [1.165, 1.54) is 12.1 Å². The fourth-order valence-corrected chi connectivity index (χ4v) is 1.45. The topological polar surface area (TPSA) is 84.0 Å². The average Bonchev–Trinajstić information content (AvgIpc) is 2.48. The second-order valence-corrected chi connectivity index (χ2v) is 3.86. The summed E-state index contributed by atoms with van der Waals surface area (Å²) < 4.78 is 20.0. The van der Waals surface area contributed by atoms with E-state index in [1.807, 2.05) is 0 Å². The minimum absolute atomic E-state index is 0.00480. The van der Waals surface area contributed by atoms with Crippen LogP contribution in [0.1, 0.15) is 34.8 Å². The maximum Gasteiger partial charge on any atom is 0.357 e. The maximum absolute atomic E-state index is 11.7. The number of aromatic nitrogens is 1. The van der Waals surface area contributed by atoms with Crippen molar-refractivity contribution in [1.29, 1.82) is 0 Å². The Bertz CT molecular complexity index is 452. The lowest BCUT2D eigenvalue weighted by molar-refractivity contribution is 0.0510. The first-order valence-electron chi connectivity index (χ1n) is 6.60. The van der Waals surface area contributed by atoms with Gasteiger partial charge in [0.1, 0.15) is 12.4 Å². The monoisotopic (exact) mass is 297 g/mol. The SMILES string of the molecule is CCOC(=O)c1cc(OCCOC)cc(C(=O)OCC)n1. The van der Waals surface area contributed by atoms with Crippen LogP contribution in [-0.4, -0.2) is 50.5 Å². The van der Waals surface area contributed by atoms with Crippen molar-refractivity contribution in [1.82, 2.24) is 4.98 Å². The Hall–Kier alpha value is -2.15. The third kappa shape index (κ3) is 5.39. The van der Waals surface area contributed by atoms with Gasteiger partial charge in [0.15, 0.2) is 11.4 Å². The van der Waals surface area contributed by atoms with Crippen LogP contribution >= 0.6 is 0 Å². The molecule has 0 aliphatic rings. The molecule has 7 nitrogen and oxygen atoms in total. The summed E-state index contributed by atoms with van der Waals surface area (Å²) in [6.45, 7) is 4.46. The highest BCUT2D eigenvalue weighted by atomic mass is 16.5. The summed E-state index contributed by atoms with van der Waals surface area (Å²) in [6.07, 6.45) is 0. The van der Waals surface area contributed by atoms with Gasteiger partial charge in [-0.1, -0.05) is 0 Å². The molecule has 1 heterocycles. The highest BCUT2D eigenvalue weighted by molar-refractivity contribution is 5.92. The van der Waals surface area contributed by atoms with Crippen LogP contribution in [0.5, 0.6) is 5.75 Å². The van der Waals surface area contributed by atoms with E-state index in [-0.39, 0.29) is 31.2 Å². The lowest BCUT2D eigenvalue weighted by Crippen LogP contribution is -2.14. The Kier molecular flexibility index (Phi) is 7.17. The van der Waals surface area contributed by atoms with Gasteiger partial charge in [-0.05, 0) is 13.8 Å². The molecule has 1 rings (SSSR count). The Morgan fingerprint density at radius 3 is 1.95 bits per heavy atom. The molecule has 0 bridgehead atoms. The Labute approximate surface area is 123 Å². The zero-order valence-electron chi connectivity index (χ0n) is 12.4. The number of carbonyl (C=O) groups is 2. The second-order valence-electron chi connectivity index (χ2n) is 3.86. The van der Waals surface area contributed by atoms with Gasteiger partial charge in [0, 0.05) is 19.2 Å². The number of ether oxygens (including phenoxy) is 4. The van der Waals surface area contributed by atoms with E-state index in [0.717, 1.165) is 0 Å². The first-order valence-corrected chi connectivity index (χ1v) is 6.60. The highest BCUT2D eigenvalue weighted by Gasteiger charge is 2.17. The number of hydrogen-bond donors (Lipinski definition) is 0. The molecule has 0 aliphatic heterocycles. The summed E-state index contributed by atoms with van der Waals surface area (Å²) in [6, 6.07) is 2.83. The zero-order valence-corrected chi connectivity index (χ0v) is 12.4. The molecule has 0 saturated carbocycles. The van der Waals surface area contributed by atoms with Gasteiger partial charge in [-0.2, -0.15) is 0 Å². The van der Waals surface area contributed by atoms with Crippen molar-refractivity contribution in [2.75, 3.05) is 33.5 Å². The standard InChI is InChI=1S/C14H19NO6/c1-4-19-13(16)11-8-10(21-7-6-18-3)9-12(15-11)14(17)20-5-2/h8-9H,4-7H2,1-3H3. The fourth-order valence-electron chi connectivity index (χ4n) is 1.45. The van der Waals surface area contributed by atoms with Crippen LogP contribution in [0.3, 0.4) is 0 Å². The molecule has 1 aromatic rings. The van der Waals surface area contributed by atoms with E-state index < -0.39 is 11.9 Å². The smallest absolute Gasteiger partial charge is 0.357 e. The Morgan fingerprint density at radius 2 is 1.52 bits per heavy atom. The predicted molar refractivity (Wildman–Crippen MR) is 73.5 cm³/mol. The van der Waals surface area contributed by atoms with Gasteiger partial charge >= 0.3 is 11.9 Å². The van der Waals surface area contributed by atoms with Crippen LogP contribution in [0.15, 0.2) is 12.1 Å². The number of carbonyl (C=O) groups excluding carboxylic acids is 2. The van der Waals surface area contributed by atoms with Crippen LogP contribution in [0.25, 0.3) is 0 Å². The summed E-state index contributed by atoms with van der Waals surface area (Å²) in [5, 5.41) is 0. The molecule has 0 aromatic carbocycles. The molecule has 0 saturated heterocycles. The molecule has 7 heteroatoms. The van der Waals surface area contributed by atoms with Crippen LogP contribution in [0.4, 0.5) is 0 Å². The minimum Gasteiger partial charge on any atom is -0.491 e. The van der Waals surface area contributed by atoms with Crippen LogP contribution in [0.2, 0.25) is 0 Å². The van der Waals surface area contributed by atoms with Gasteiger partial charge in [-0.15, -0.1) is 0 Å². The number of rotatable bonds is 8. The van der Waals surface area contributed by atoms with E-state index in [2.05, 4.69) is 4.98 Å². The maximum atomic E-state index is 11.7.